The highest BCUT2D eigenvalue weighted by molar-refractivity contribution is 5.96. The third-order valence-electron chi connectivity index (χ3n) is 2.98. The molecule has 8 nitrogen and oxygen atoms in total. The molecule has 1 aromatic rings. The van der Waals surface area contributed by atoms with Crippen molar-refractivity contribution in [1.82, 2.24) is 5.32 Å². The maximum Gasteiger partial charge on any atom is 0.326 e. The van der Waals surface area contributed by atoms with Gasteiger partial charge < -0.3 is 15.3 Å². The van der Waals surface area contributed by atoms with Crippen molar-refractivity contribution in [3.63, 3.8) is 0 Å². The van der Waals surface area contributed by atoms with E-state index in [1.165, 1.54) is 44.1 Å². The van der Waals surface area contributed by atoms with Crippen molar-refractivity contribution < 1.29 is 19.6 Å². The van der Waals surface area contributed by atoms with E-state index in [4.69, 9.17) is 5.11 Å². The van der Waals surface area contributed by atoms with Crippen molar-refractivity contribution >= 4 is 23.3 Å². The summed E-state index contributed by atoms with van der Waals surface area (Å²) in [6.07, 6.45) is 0. The van der Waals surface area contributed by atoms with Gasteiger partial charge in [-0.1, -0.05) is 0 Å². The number of carbonyl (C=O) groups excluding carboxylic acids is 1. The fourth-order valence-electron chi connectivity index (χ4n) is 1.62. The molecule has 2 N–H and O–H groups in total. The van der Waals surface area contributed by atoms with Gasteiger partial charge in [0.15, 0.2) is 0 Å². The van der Waals surface area contributed by atoms with Crippen LogP contribution in [0.4, 0.5) is 11.4 Å². The van der Waals surface area contributed by atoms with E-state index >= 15 is 0 Å². The zero-order valence-electron chi connectivity index (χ0n) is 11.3. The van der Waals surface area contributed by atoms with E-state index in [1.807, 2.05) is 0 Å². The van der Waals surface area contributed by atoms with Gasteiger partial charge in [0.25, 0.3) is 11.6 Å². The highest BCUT2D eigenvalue weighted by Crippen LogP contribution is 2.29. The van der Waals surface area contributed by atoms with E-state index in [2.05, 4.69) is 5.32 Å². The molecule has 0 bridgehead atoms. The molecule has 8 heteroatoms. The molecule has 0 aliphatic rings. The van der Waals surface area contributed by atoms with E-state index < -0.39 is 22.8 Å². The molecular weight excluding hydrogens is 266 g/mol. The molecule has 20 heavy (non-hydrogen) atoms. The molecule has 0 spiro atoms. The number of anilines is 1. The molecule has 1 atom stereocenters. The lowest BCUT2D eigenvalue weighted by Crippen LogP contribution is -2.36. The molecule has 1 unspecified atom stereocenters. The third-order valence-corrected chi connectivity index (χ3v) is 2.98. The van der Waals surface area contributed by atoms with Crippen molar-refractivity contribution in [1.29, 1.82) is 0 Å². The summed E-state index contributed by atoms with van der Waals surface area (Å²) in [5, 5.41) is 22.4. The molecule has 0 heterocycles. The van der Waals surface area contributed by atoms with Gasteiger partial charge in [-0.2, -0.15) is 0 Å². The van der Waals surface area contributed by atoms with E-state index in [0.29, 0.717) is 0 Å². The van der Waals surface area contributed by atoms with Crippen LogP contribution in [0.3, 0.4) is 0 Å². The Labute approximate surface area is 115 Å². The lowest BCUT2D eigenvalue weighted by Gasteiger charge is -2.23. The first-order valence-corrected chi connectivity index (χ1v) is 5.75. The topological polar surface area (TPSA) is 113 Å². The number of carboxylic acid groups (broad SMARTS) is 1. The minimum absolute atomic E-state index is 0.0750. The Kier molecular flexibility index (Phi) is 4.63. The Morgan fingerprint density at radius 2 is 2.05 bits per heavy atom. The van der Waals surface area contributed by atoms with Crippen LogP contribution in [0, 0.1) is 10.1 Å². The van der Waals surface area contributed by atoms with Crippen LogP contribution in [0.1, 0.15) is 17.3 Å². The Morgan fingerprint density at radius 1 is 1.45 bits per heavy atom. The Morgan fingerprint density at radius 3 is 2.50 bits per heavy atom. The summed E-state index contributed by atoms with van der Waals surface area (Å²) in [6, 6.07) is 2.84. The minimum atomic E-state index is -1.12. The number of carboxylic acids is 1. The predicted octanol–water partition coefficient (Wildman–Crippen LogP) is 0.864. The highest BCUT2D eigenvalue weighted by atomic mass is 16.6. The first kappa shape index (κ1) is 15.4. The van der Waals surface area contributed by atoms with Crippen molar-refractivity contribution in [3.05, 3.63) is 33.9 Å². The van der Waals surface area contributed by atoms with E-state index in [1.54, 1.807) is 0 Å². The lowest BCUT2D eigenvalue weighted by molar-refractivity contribution is -0.384. The van der Waals surface area contributed by atoms with Crippen LogP contribution in [-0.2, 0) is 4.79 Å². The zero-order valence-corrected chi connectivity index (χ0v) is 11.3. The number of nitro benzene ring substituents is 1. The molecular formula is C12H15N3O5. The van der Waals surface area contributed by atoms with Gasteiger partial charge in [0.1, 0.15) is 11.7 Å². The summed E-state index contributed by atoms with van der Waals surface area (Å²) in [5.41, 5.74) is 0.0387. The van der Waals surface area contributed by atoms with Gasteiger partial charge in [-0.25, -0.2) is 4.79 Å². The molecule has 0 saturated carbocycles. The fraction of sp³-hybridized carbons (Fsp3) is 0.333. The van der Waals surface area contributed by atoms with Crippen LogP contribution in [-0.4, -0.2) is 42.0 Å². The number of carbonyl (C=O) groups is 2. The molecule has 1 rings (SSSR count). The van der Waals surface area contributed by atoms with Gasteiger partial charge in [-0.15, -0.1) is 0 Å². The second-order valence-corrected chi connectivity index (χ2v) is 4.16. The number of aliphatic carboxylic acids is 1. The predicted molar refractivity (Wildman–Crippen MR) is 72.0 cm³/mol. The summed E-state index contributed by atoms with van der Waals surface area (Å²) < 4.78 is 0. The number of hydrogen-bond donors (Lipinski definition) is 2. The molecule has 0 saturated heterocycles. The van der Waals surface area contributed by atoms with Crippen molar-refractivity contribution in [2.45, 2.75) is 13.0 Å². The third kappa shape index (κ3) is 3.02. The van der Waals surface area contributed by atoms with E-state index in [9.17, 15) is 19.7 Å². The number of amides is 1. The quantitative estimate of drug-likeness (QED) is 0.611. The number of likely N-dealkylation sites (N-methyl/N-ethyl adjacent to an activating group) is 1. The molecule has 0 fully saturated rings. The van der Waals surface area contributed by atoms with Gasteiger partial charge in [-0.3, -0.25) is 14.9 Å². The second-order valence-electron chi connectivity index (χ2n) is 4.16. The standard InChI is InChI=1S/C12H15N3O5/c1-7(12(17)18)14(3)10-6-8(11(16)13-2)4-5-9(10)15(19)20/h4-7H,1-3H3,(H,13,16)(H,17,18). The number of nitro groups is 1. The normalized spacial score (nSPS) is 11.6. The van der Waals surface area contributed by atoms with Gasteiger partial charge in [0, 0.05) is 25.7 Å². The van der Waals surface area contributed by atoms with Gasteiger partial charge in [0.2, 0.25) is 0 Å². The summed E-state index contributed by atoms with van der Waals surface area (Å²) in [6.45, 7) is 1.40. The van der Waals surface area contributed by atoms with Crippen molar-refractivity contribution in [2.24, 2.45) is 0 Å². The smallest absolute Gasteiger partial charge is 0.326 e. The van der Waals surface area contributed by atoms with Crippen LogP contribution in [0.5, 0.6) is 0 Å². The summed E-state index contributed by atoms with van der Waals surface area (Å²) >= 11 is 0. The summed E-state index contributed by atoms with van der Waals surface area (Å²) in [4.78, 5) is 34.2. The van der Waals surface area contributed by atoms with Crippen LogP contribution < -0.4 is 10.2 Å². The van der Waals surface area contributed by atoms with E-state index in [-0.39, 0.29) is 16.9 Å². The highest BCUT2D eigenvalue weighted by Gasteiger charge is 2.25. The summed E-state index contributed by atoms with van der Waals surface area (Å²) in [7, 11) is 2.86. The molecule has 1 aromatic carbocycles. The van der Waals surface area contributed by atoms with Crippen LogP contribution in [0.25, 0.3) is 0 Å². The van der Waals surface area contributed by atoms with Crippen LogP contribution in [0.2, 0.25) is 0 Å². The monoisotopic (exact) mass is 281 g/mol. The maximum absolute atomic E-state index is 11.6. The Balaban J connectivity index is 3.35. The number of nitrogens with one attached hydrogen (secondary N) is 1. The molecule has 0 radical (unpaired) electrons. The minimum Gasteiger partial charge on any atom is -0.480 e. The molecule has 108 valence electrons. The van der Waals surface area contributed by atoms with Crippen molar-refractivity contribution in [3.8, 4) is 0 Å². The average molecular weight is 281 g/mol. The first-order valence-electron chi connectivity index (χ1n) is 5.75. The second kappa shape index (κ2) is 6.00. The average Bonchev–Trinajstić information content (AvgIpc) is 2.43. The maximum atomic E-state index is 11.6. The molecule has 0 aromatic heterocycles. The molecule has 1 amide bonds. The fourth-order valence-corrected chi connectivity index (χ4v) is 1.62. The summed E-state index contributed by atoms with van der Waals surface area (Å²) in [5.74, 6) is -1.52. The van der Waals surface area contributed by atoms with Crippen LogP contribution in [0.15, 0.2) is 18.2 Å². The largest absolute Gasteiger partial charge is 0.480 e. The number of benzene rings is 1. The number of hydrogen-bond acceptors (Lipinski definition) is 5. The first-order chi connectivity index (χ1) is 9.29. The van der Waals surface area contributed by atoms with Gasteiger partial charge >= 0.3 is 5.97 Å². The van der Waals surface area contributed by atoms with Gasteiger partial charge in [0.05, 0.1) is 4.92 Å². The zero-order chi connectivity index (χ0) is 15.4. The number of rotatable bonds is 5. The van der Waals surface area contributed by atoms with Crippen LogP contribution >= 0.6 is 0 Å². The SMILES string of the molecule is CNC(=O)c1ccc([N+](=O)[O-])c(N(C)C(C)C(=O)O)c1. The Bertz CT molecular complexity index is 558. The molecule has 0 aliphatic carbocycles. The van der Waals surface area contributed by atoms with Gasteiger partial charge in [-0.05, 0) is 19.1 Å². The lowest BCUT2D eigenvalue weighted by atomic mass is 10.1. The van der Waals surface area contributed by atoms with E-state index in [0.717, 1.165) is 0 Å². The number of nitrogens with zero attached hydrogens (tertiary/aromatic N) is 2. The molecule has 0 aliphatic heterocycles. The Hall–Kier alpha value is -2.64. The van der Waals surface area contributed by atoms with Crippen molar-refractivity contribution in [2.75, 3.05) is 19.0 Å².